The van der Waals surface area contributed by atoms with E-state index < -0.39 is 0 Å². The number of anilines is 1. The molecule has 2 aromatic rings. The van der Waals surface area contributed by atoms with Crippen molar-refractivity contribution in [2.24, 2.45) is 0 Å². The van der Waals surface area contributed by atoms with Crippen molar-refractivity contribution in [3.63, 3.8) is 0 Å². The first-order valence-corrected chi connectivity index (χ1v) is 9.72. The van der Waals surface area contributed by atoms with Gasteiger partial charge in [0.2, 0.25) is 5.91 Å². The molecule has 148 valence electrons. The number of carbonyl (C=O) groups excluding carboxylic acids is 2. The lowest BCUT2D eigenvalue weighted by Crippen LogP contribution is -2.48. The zero-order valence-electron chi connectivity index (χ0n) is 16.6. The maximum absolute atomic E-state index is 12.3. The van der Waals surface area contributed by atoms with Gasteiger partial charge in [-0.1, -0.05) is 35.9 Å². The zero-order chi connectivity index (χ0) is 19.9. The van der Waals surface area contributed by atoms with Gasteiger partial charge in [-0.25, -0.2) is 0 Å². The van der Waals surface area contributed by atoms with E-state index in [-0.39, 0.29) is 11.8 Å². The third-order valence-electron chi connectivity index (χ3n) is 5.10. The number of amides is 2. The van der Waals surface area contributed by atoms with E-state index >= 15 is 0 Å². The van der Waals surface area contributed by atoms with Crippen molar-refractivity contribution in [2.75, 3.05) is 37.6 Å². The van der Waals surface area contributed by atoms with Gasteiger partial charge in [-0.15, -0.1) is 0 Å². The Morgan fingerprint density at radius 3 is 2.36 bits per heavy atom. The first-order chi connectivity index (χ1) is 13.5. The minimum atomic E-state index is -0.286. The Morgan fingerprint density at radius 1 is 0.929 bits per heavy atom. The number of aryl methyl sites for hydroxylation is 2. The molecule has 2 aromatic carbocycles. The van der Waals surface area contributed by atoms with Crippen LogP contribution in [0.5, 0.6) is 0 Å². The average molecular weight is 380 g/mol. The molecule has 0 unspecified atom stereocenters. The van der Waals surface area contributed by atoms with E-state index in [2.05, 4.69) is 44.9 Å². The minimum Gasteiger partial charge on any atom is -0.369 e. The number of nitrogens with zero attached hydrogens (tertiary/aromatic N) is 2. The van der Waals surface area contributed by atoms with Crippen molar-refractivity contribution in [1.82, 2.24) is 15.8 Å². The smallest absolute Gasteiger partial charge is 0.269 e. The van der Waals surface area contributed by atoms with Crippen LogP contribution in [0.15, 0.2) is 48.5 Å². The third-order valence-corrected chi connectivity index (χ3v) is 5.10. The molecule has 1 aliphatic rings. The number of hydrogen-bond acceptors (Lipinski definition) is 4. The van der Waals surface area contributed by atoms with E-state index in [1.807, 2.05) is 38.1 Å². The highest BCUT2D eigenvalue weighted by molar-refractivity contribution is 5.96. The van der Waals surface area contributed by atoms with Gasteiger partial charge in [-0.05, 0) is 37.6 Å². The summed E-state index contributed by atoms with van der Waals surface area (Å²) in [7, 11) is 0. The van der Waals surface area contributed by atoms with Crippen molar-refractivity contribution in [1.29, 1.82) is 0 Å². The summed E-state index contributed by atoms with van der Waals surface area (Å²) in [5.74, 6) is -0.463. The van der Waals surface area contributed by atoms with Gasteiger partial charge in [0.1, 0.15) is 0 Å². The first-order valence-electron chi connectivity index (χ1n) is 9.72. The number of benzene rings is 2. The Labute approximate surface area is 166 Å². The van der Waals surface area contributed by atoms with Crippen LogP contribution in [0.1, 0.15) is 27.9 Å². The minimum absolute atomic E-state index is 0.177. The molecular weight excluding hydrogens is 352 g/mol. The summed E-state index contributed by atoms with van der Waals surface area (Å²) < 4.78 is 0. The van der Waals surface area contributed by atoms with Gasteiger partial charge in [-0.3, -0.25) is 25.3 Å². The molecule has 0 aromatic heterocycles. The molecule has 28 heavy (non-hydrogen) atoms. The lowest BCUT2D eigenvalue weighted by molar-refractivity contribution is -0.122. The van der Waals surface area contributed by atoms with Gasteiger partial charge in [-0.2, -0.15) is 0 Å². The fourth-order valence-corrected chi connectivity index (χ4v) is 3.36. The number of piperazine rings is 1. The summed E-state index contributed by atoms with van der Waals surface area (Å²) in [4.78, 5) is 29.0. The second-order valence-corrected chi connectivity index (χ2v) is 7.23. The van der Waals surface area contributed by atoms with Gasteiger partial charge >= 0.3 is 0 Å². The molecule has 2 N–H and O–H groups in total. The van der Waals surface area contributed by atoms with Crippen molar-refractivity contribution in [3.8, 4) is 0 Å². The van der Waals surface area contributed by atoms with Crippen LogP contribution in [-0.2, 0) is 4.79 Å². The number of nitrogens with one attached hydrogen (secondary N) is 2. The summed E-state index contributed by atoms with van der Waals surface area (Å²) in [6.07, 6.45) is 0.360. The number of rotatable bonds is 5. The summed E-state index contributed by atoms with van der Waals surface area (Å²) >= 11 is 0. The molecule has 0 aliphatic carbocycles. The molecule has 1 fully saturated rings. The number of hydrogen-bond donors (Lipinski definition) is 2. The molecule has 1 heterocycles. The Bertz CT molecular complexity index is 815. The van der Waals surface area contributed by atoms with E-state index in [1.54, 1.807) is 0 Å². The van der Waals surface area contributed by atoms with E-state index in [1.165, 1.54) is 5.69 Å². The summed E-state index contributed by atoms with van der Waals surface area (Å²) in [5.41, 5.74) is 8.76. The maximum atomic E-state index is 12.3. The van der Waals surface area contributed by atoms with Crippen LogP contribution in [0.2, 0.25) is 0 Å². The van der Waals surface area contributed by atoms with Crippen LogP contribution in [0, 0.1) is 13.8 Å². The van der Waals surface area contributed by atoms with Crippen LogP contribution in [0.4, 0.5) is 5.69 Å². The topological polar surface area (TPSA) is 64.7 Å². The summed E-state index contributed by atoms with van der Waals surface area (Å²) in [6.45, 7) is 8.27. The highest BCUT2D eigenvalue weighted by Crippen LogP contribution is 2.15. The molecular formula is C22H28N4O2. The number of hydrazine groups is 1. The lowest BCUT2D eigenvalue weighted by atomic mass is 10.1. The predicted octanol–water partition coefficient (Wildman–Crippen LogP) is 2.28. The molecule has 0 bridgehead atoms. The molecule has 3 rings (SSSR count). The average Bonchev–Trinajstić information content (AvgIpc) is 2.73. The van der Waals surface area contributed by atoms with Crippen molar-refractivity contribution in [3.05, 3.63) is 65.2 Å². The van der Waals surface area contributed by atoms with E-state index in [4.69, 9.17) is 0 Å². The van der Waals surface area contributed by atoms with Crippen molar-refractivity contribution < 1.29 is 9.59 Å². The first kappa shape index (κ1) is 19.9. The highest BCUT2D eigenvalue weighted by atomic mass is 16.2. The molecule has 2 amide bonds. The Balaban J connectivity index is 1.38. The molecule has 0 radical (unpaired) electrons. The Hall–Kier alpha value is -2.86. The van der Waals surface area contributed by atoms with Gasteiger partial charge in [0, 0.05) is 50.4 Å². The van der Waals surface area contributed by atoms with Gasteiger partial charge in [0.15, 0.2) is 0 Å². The number of carbonyl (C=O) groups is 2. The number of para-hydroxylation sites is 1. The van der Waals surface area contributed by atoms with Gasteiger partial charge in [0.05, 0.1) is 0 Å². The van der Waals surface area contributed by atoms with Crippen LogP contribution >= 0.6 is 0 Å². The molecule has 6 nitrogen and oxygen atoms in total. The van der Waals surface area contributed by atoms with Gasteiger partial charge in [0.25, 0.3) is 5.91 Å². The molecule has 6 heteroatoms. The van der Waals surface area contributed by atoms with E-state index in [0.717, 1.165) is 37.3 Å². The largest absolute Gasteiger partial charge is 0.369 e. The third kappa shape index (κ3) is 5.33. The quantitative estimate of drug-likeness (QED) is 0.781. The molecule has 0 spiro atoms. The van der Waals surface area contributed by atoms with Crippen molar-refractivity contribution >= 4 is 17.5 Å². The SMILES string of the molecule is Cc1ccc(C)c(C(=O)NNC(=O)CCN2CCN(c3ccccc3)CC2)c1. The van der Waals surface area contributed by atoms with Crippen LogP contribution < -0.4 is 15.8 Å². The standard InChI is InChI=1S/C22H28N4O2/c1-17-8-9-18(2)20(16-17)22(28)24-23-21(27)10-11-25-12-14-26(15-13-25)19-6-4-3-5-7-19/h3-9,16H,10-15H2,1-2H3,(H,23,27)(H,24,28). The normalized spacial score (nSPS) is 14.6. The Kier molecular flexibility index (Phi) is 6.66. The van der Waals surface area contributed by atoms with Crippen molar-refractivity contribution in [2.45, 2.75) is 20.3 Å². The van der Waals surface area contributed by atoms with E-state index in [9.17, 15) is 9.59 Å². The Morgan fingerprint density at radius 2 is 1.64 bits per heavy atom. The zero-order valence-corrected chi connectivity index (χ0v) is 16.6. The van der Waals surface area contributed by atoms with Crippen LogP contribution in [0.3, 0.4) is 0 Å². The lowest BCUT2D eigenvalue weighted by Gasteiger charge is -2.36. The summed E-state index contributed by atoms with van der Waals surface area (Å²) in [6, 6.07) is 16.1. The predicted molar refractivity (Wildman–Crippen MR) is 111 cm³/mol. The fraction of sp³-hybridized carbons (Fsp3) is 0.364. The second-order valence-electron chi connectivity index (χ2n) is 7.23. The molecule has 1 saturated heterocycles. The summed E-state index contributed by atoms with van der Waals surface area (Å²) in [5, 5.41) is 0. The van der Waals surface area contributed by atoms with Gasteiger partial charge < -0.3 is 4.90 Å². The molecule has 0 atom stereocenters. The van der Waals surface area contributed by atoms with E-state index in [0.29, 0.717) is 18.5 Å². The molecule has 1 aliphatic heterocycles. The fourth-order valence-electron chi connectivity index (χ4n) is 3.36. The maximum Gasteiger partial charge on any atom is 0.269 e. The second kappa shape index (κ2) is 9.37. The monoisotopic (exact) mass is 380 g/mol. The highest BCUT2D eigenvalue weighted by Gasteiger charge is 2.18. The molecule has 0 saturated carbocycles. The van der Waals surface area contributed by atoms with Crippen LogP contribution in [-0.4, -0.2) is 49.4 Å². The van der Waals surface area contributed by atoms with Crippen LogP contribution in [0.25, 0.3) is 0 Å².